The Morgan fingerprint density at radius 2 is 1.75 bits per heavy atom. The molecule has 0 aromatic rings. The Kier molecular flexibility index (Phi) is 5.22. The molecule has 0 bridgehead atoms. The van der Waals surface area contributed by atoms with Crippen LogP contribution in [0.3, 0.4) is 0 Å². The highest BCUT2D eigenvalue weighted by molar-refractivity contribution is 8.06. The second-order valence-corrected chi connectivity index (χ2v) is 3.47. The van der Waals surface area contributed by atoms with Gasteiger partial charge in [-0.1, -0.05) is 55.8 Å². The minimum Gasteiger partial charge on any atom is -0.0987 e. The molecule has 0 saturated heterocycles. The van der Waals surface area contributed by atoms with Crippen molar-refractivity contribution in [3.05, 3.63) is 59.9 Å². The molecule has 0 aliphatic heterocycles. The minimum absolute atomic E-state index is 0.905. The number of allylic oxidation sites excluding steroid dienone is 4. The van der Waals surface area contributed by atoms with Gasteiger partial charge in [-0.05, 0) is 17.9 Å². The summed E-state index contributed by atoms with van der Waals surface area (Å²) in [7, 11) is 0. The zero-order valence-electron chi connectivity index (χ0n) is 7.47. The fourth-order valence-corrected chi connectivity index (χ4v) is 0.933. The maximum atomic E-state index is 3.85. The Balaban J connectivity index is 4.12. The van der Waals surface area contributed by atoms with Gasteiger partial charge in [0.2, 0.25) is 0 Å². The van der Waals surface area contributed by atoms with Crippen LogP contribution in [0.15, 0.2) is 59.9 Å². The van der Waals surface area contributed by atoms with E-state index in [1.165, 1.54) is 11.8 Å². The van der Waals surface area contributed by atoms with Gasteiger partial charge in [0.25, 0.3) is 0 Å². The van der Waals surface area contributed by atoms with E-state index in [2.05, 4.69) is 26.3 Å². The van der Waals surface area contributed by atoms with Gasteiger partial charge in [-0.2, -0.15) is 0 Å². The van der Waals surface area contributed by atoms with Crippen molar-refractivity contribution >= 4 is 11.8 Å². The Bertz CT molecular complexity index is 244. The molecule has 0 N–H and O–H groups in total. The van der Waals surface area contributed by atoms with Crippen molar-refractivity contribution < 1.29 is 0 Å². The van der Waals surface area contributed by atoms with Crippen molar-refractivity contribution in [2.24, 2.45) is 0 Å². The van der Waals surface area contributed by atoms with E-state index in [4.69, 9.17) is 0 Å². The van der Waals surface area contributed by atoms with Crippen LogP contribution in [0.4, 0.5) is 0 Å². The van der Waals surface area contributed by atoms with E-state index in [1.807, 2.05) is 19.1 Å². The highest BCUT2D eigenvalue weighted by atomic mass is 32.2. The van der Waals surface area contributed by atoms with Crippen LogP contribution >= 0.6 is 11.8 Å². The number of thioether (sulfide) groups is 1. The topological polar surface area (TPSA) is 0 Å². The van der Waals surface area contributed by atoms with Gasteiger partial charge in [0, 0.05) is 4.91 Å². The molecule has 0 nitrogen and oxygen atoms in total. The summed E-state index contributed by atoms with van der Waals surface area (Å²) in [5.74, 6) is 0. The van der Waals surface area contributed by atoms with Gasteiger partial charge in [-0.3, -0.25) is 0 Å². The first kappa shape index (κ1) is 11.1. The molecule has 0 aliphatic rings. The van der Waals surface area contributed by atoms with Crippen LogP contribution in [0.25, 0.3) is 0 Å². The van der Waals surface area contributed by atoms with Crippen LogP contribution < -0.4 is 0 Å². The summed E-state index contributed by atoms with van der Waals surface area (Å²) < 4.78 is 0. The second kappa shape index (κ2) is 5.67. The third kappa shape index (κ3) is 4.80. The summed E-state index contributed by atoms with van der Waals surface area (Å²) in [6.07, 6.45) is 3.82. The van der Waals surface area contributed by atoms with Gasteiger partial charge in [-0.25, -0.2) is 0 Å². The summed E-state index contributed by atoms with van der Waals surface area (Å²) in [6, 6.07) is 0. The average molecular weight is 178 g/mol. The van der Waals surface area contributed by atoms with Gasteiger partial charge >= 0.3 is 0 Å². The highest BCUT2D eigenvalue weighted by Crippen LogP contribution is 2.22. The Morgan fingerprint density at radius 3 is 2.17 bits per heavy atom. The highest BCUT2D eigenvalue weighted by Gasteiger charge is 1.92. The number of hydrogen-bond acceptors (Lipinski definition) is 1. The average Bonchev–Trinajstić information content (AvgIpc) is 2.00. The molecule has 0 spiro atoms. The Hall–Kier alpha value is -0.950. The maximum Gasteiger partial charge on any atom is 0.0110 e. The lowest BCUT2D eigenvalue weighted by Gasteiger charge is -1.99. The molecular formula is C11H14S. The van der Waals surface area contributed by atoms with Gasteiger partial charge in [0.15, 0.2) is 0 Å². The van der Waals surface area contributed by atoms with Crippen molar-refractivity contribution in [3.63, 3.8) is 0 Å². The van der Waals surface area contributed by atoms with E-state index in [1.54, 1.807) is 5.41 Å². The molecule has 0 radical (unpaired) electrons. The predicted octanol–water partition coefficient (Wildman–Crippen LogP) is 4.07. The summed E-state index contributed by atoms with van der Waals surface area (Å²) in [4.78, 5) is 0.919. The molecule has 0 aromatic heterocycles. The first-order chi connectivity index (χ1) is 5.57. The lowest BCUT2D eigenvalue weighted by atomic mass is 10.2. The Labute approximate surface area is 79.1 Å². The number of hydrogen-bond donors (Lipinski definition) is 0. The Morgan fingerprint density at radius 1 is 1.17 bits per heavy atom. The fraction of sp³-hybridized carbons (Fsp3) is 0.0909. The lowest BCUT2D eigenvalue weighted by Crippen LogP contribution is -1.75. The van der Waals surface area contributed by atoms with Gasteiger partial charge in [0.1, 0.15) is 0 Å². The van der Waals surface area contributed by atoms with Crippen molar-refractivity contribution in [2.45, 2.75) is 6.92 Å². The van der Waals surface area contributed by atoms with E-state index in [0.717, 1.165) is 16.1 Å². The predicted molar refractivity (Wildman–Crippen MR) is 60.0 cm³/mol. The molecule has 0 unspecified atom stereocenters. The van der Waals surface area contributed by atoms with Crippen LogP contribution in [-0.2, 0) is 0 Å². The fourth-order valence-electron chi connectivity index (χ4n) is 0.512. The van der Waals surface area contributed by atoms with E-state index < -0.39 is 0 Å². The molecule has 0 aromatic carbocycles. The molecule has 0 atom stereocenters. The van der Waals surface area contributed by atoms with Crippen molar-refractivity contribution in [2.75, 3.05) is 0 Å². The van der Waals surface area contributed by atoms with Crippen molar-refractivity contribution in [1.29, 1.82) is 0 Å². The van der Waals surface area contributed by atoms with Crippen LogP contribution in [0.1, 0.15) is 6.92 Å². The number of rotatable bonds is 5. The molecule has 0 fully saturated rings. The molecule has 12 heavy (non-hydrogen) atoms. The molecule has 0 saturated carbocycles. The van der Waals surface area contributed by atoms with Crippen molar-refractivity contribution in [1.82, 2.24) is 0 Å². The molecule has 0 aliphatic carbocycles. The van der Waals surface area contributed by atoms with Crippen molar-refractivity contribution in [3.8, 4) is 0 Å². The third-order valence-corrected chi connectivity index (χ3v) is 1.87. The van der Waals surface area contributed by atoms with E-state index in [0.29, 0.717) is 0 Å². The molecule has 1 heteroatoms. The minimum atomic E-state index is 0.905. The maximum absolute atomic E-state index is 3.85. The standard InChI is InChI=1S/C11H14S/c1-6-12-11(5)10(4)8-7-9(2)3/h6-8H,1-2,4-5H2,3H3/b8-7-. The SMILES string of the molecule is C=CSC(=C)C(=C)/C=C\C(=C)C. The van der Waals surface area contributed by atoms with E-state index in [-0.39, 0.29) is 0 Å². The monoisotopic (exact) mass is 178 g/mol. The van der Waals surface area contributed by atoms with Crippen LogP contribution in [0, 0.1) is 0 Å². The molecule has 0 heterocycles. The summed E-state index contributed by atoms with van der Waals surface area (Å²) in [5.41, 5.74) is 1.91. The third-order valence-electron chi connectivity index (χ3n) is 1.15. The largest absolute Gasteiger partial charge is 0.0987 e. The molecule has 0 amide bonds. The van der Waals surface area contributed by atoms with Gasteiger partial charge in [0.05, 0.1) is 0 Å². The normalized spacial score (nSPS) is 9.75. The van der Waals surface area contributed by atoms with Crippen LogP contribution in [0.2, 0.25) is 0 Å². The molecular weight excluding hydrogens is 164 g/mol. The zero-order valence-corrected chi connectivity index (χ0v) is 8.29. The van der Waals surface area contributed by atoms with Gasteiger partial charge in [-0.15, -0.1) is 0 Å². The first-order valence-corrected chi connectivity index (χ1v) is 4.45. The van der Waals surface area contributed by atoms with Crippen LogP contribution in [0.5, 0.6) is 0 Å². The zero-order chi connectivity index (χ0) is 9.56. The van der Waals surface area contributed by atoms with Crippen LogP contribution in [-0.4, -0.2) is 0 Å². The summed E-state index contributed by atoms with van der Waals surface area (Å²) in [6.45, 7) is 17.0. The molecule has 0 rings (SSSR count). The first-order valence-electron chi connectivity index (χ1n) is 3.57. The lowest BCUT2D eigenvalue weighted by molar-refractivity contribution is 1.54. The summed E-state index contributed by atoms with van der Waals surface area (Å²) in [5, 5.41) is 1.74. The van der Waals surface area contributed by atoms with Gasteiger partial charge < -0.3 is 0 Å². The summed E-state index contributed by atoms with van der Waals surface area (Å²) >= 11 is 1.48. The second-order valence-electron chi connectivity index (χ2n) is 2.41. The van der Waals surface area contributed by atoms with E-state index >= 15 is 0 Å². The quantitative estimate of drug-likeness (QED) is 0.572. The smallest absolute Gasteiger partial charge is 0.0110 e. The van der Waals surface area contributed by atoms with E-state index in [9.17, 15) is 0 Å². The molecule has 64 valence electrons.